The molecule has 3 nitrogen and oxygen atoms in total. The summed E-state index contributed by atoms with van der Waals surface area (Å²) in [5.41, 5.74) is 8.46. The Hall–Kier alpha value is -2.85. The zero-order valence-corrected chi connectivity index (χ0v) is 18.0. The summed E-state index contributed by atoms with van der Waals surface area (Å²) >= 11 is 1.50. The fraction of sp³-hybridized carbons (Fsp3) is 0.200. The molecule has 0 radical (unpaired) electrons. The quantitative estimate of drug-likeness (QED) is 0.294. The van der Waals surface area contributed by atoms with Crippen LogP contribution in [-0.4, -0.2) is 21.1 Å². The number of nitrogens with zero attached hydrogens (tertiary/aromatic N) is 2. The molecular weight excluding hydrogens is 376 g/mol. The second-order valence-corrected chi connectivity index (χ2v) is 8.46. The first-order valence-corrected chi connectivity index (χ1v) is 10.7. The summed E-state index contributed by atoms with van der Waals surface area (Å²) < 4.78 is 2.14. The van der Waals surface area contributed by atoms with Gasteiger partial charge in [-0.1, -0.05) is 47.7 Å². The van der Waals surface area contributed by atoms with E-state index in [-0.39, 0.29) is 5.78 Å². The average Bonchev–Trinajstić information content (AvgIpc) is 3.08. The molecule has 0 aliphatic heterocycles. The van der Waals surface area contributed by atoms with E-state index >= 15 is 0 Å². The Morgan fingerprint density at radius 2 is 1.59 bits per heavy atom. The van der Waals surface area contributed by atoms with Crippen LogP contribution in [0.5, 0.6) is 0 Å². The third-order valence-corrected chi connectivity index (χ3v) is 6.23. The number of Topliss-reactive ketones (excluding diaryl/α,β-unsaturated/α-hetero) is 1. The number of benzene rings is 3. The number of fused-ring (bicyclic) bond motifs is 1. The second kappa shape index (κ2) is 7.88. The van der Waals surface area contributed by atoms with E-state index < -0.39 is 0 Å². The Balaban J connectivity index is 1.68. The molecule has 0 N–H and O–H groups in total. The highest BCUT2D eigenvalue weighted by atomic mass is 32.2. The molecule has 1 aromatic heterocycles. The predicted molar refractivity (Wildman–Crippen MR) is 122 cm³/mol. The maximum Gasteiger partial charge on any atom is 0.174 e. The highest BCUT2D eigenvalue weighted by molar-refractivity contribution is 7.99. The molecule has 29 heavy (non-hydrogen) atoms. The van der Waals surface area contributed by atoms with E-state index in [1.54, 1.807) is 0 Å². The van der Waals surface area contributed by atoms with E-state index in [4.69, 9.17) is 4.98 Å². The molecule has 0 atom stereocenters. The van der Waals surface area contributed by atoms with Crippen LogP contribution in [0.2, 0.25) is 0 Å². The number of aromatic nitrogens is 2. The van der Waals surface area contributed by atoms with Gasteiger partial charge in [-0.15, -0.1) is 0 Å². The molecule has 0 fully saturated rings. The molecule has 0 aliphatic rings. The van der Waals surface area contributed by atoms with Crippen LogP contribution in [0.4, 0.5) is 0 Å². The van der Waals surface area contributed by atoms with Crippen molar-refractivity contribution in [2.75, 3.05) is 5.75 Å². The van der Waals surface area contributed by atoms with Gasteiger partial charge in [0.05, 0.1) is 16.8 Å². The molecular formula is C25H24N2OS. The molecule has 1 heterocycles. The third-order valence-electron chi connectivity index (χ3n) is 5.30. The molecule has 0 saturated heterocycles. The molecule has 0 aliphatic carbocycles. The van der Waals surface area contributed by atoms with Crippen LogP contribution in [-0.2, 0) is 0 Å². The van der Waals surface area contributed by atoms with Gasteiger partial charge < -0.3 is 0 Å². The number of carbonyl (C=O) groups excluding carboxylic acids is 1. The summed E-state index contributed by atoms with van der Waals surface area (Å²) in [6.07, 6.45) is 0. The zero-order chi connectivity index (χ0) is 20.5. The highest BCUT2D eigenvalue weighted by Crippen LogP contribution is 2.29. The molecule has 0 bridgehead atoms. The van der Waals surface area contributed by atoms with E-state index in [2.05, 4.69) is 61.7 Å². The molecule has 4 heteroatoms. The lowest BCUT2D eigenvalue weighted by molar-refractivity contribution is 0.102. The van der Waals surface area contributed by atoms with Crippen LogP contribution in [0.15, 0.2) is 65.8 Å². The van der Waals surface area contributed by atoms with Crippen molar-refractivity contribution in [3.8, 4) is 5.69 Å². The van der Waals surface area contributed by atoms with Gasteiger partial charge in [0.15, 0.2) is 10.9 Å². The molecule has 146 valence electrons. The van der Waals surface area contributed by atoms with Crippen LogP contribution < -0.4 is 0 Å². The molecule has 4 aromatic rings. The molecule has 0 amide bonds. The number of aryl methyl sites for hydroxylation is 4. The lowest BCUT2D eigenvalue weighted by Gasteiger charge is -2.11. The van der Waals surface area contributed by atoms with E-state index in [9.17, 15) is 4.79 Å². The number of carbonyl (C=O) groups is 1. The van der Waals surface area contributed by atoms with Crippen LogP contribution in [0.1, 0.15) is 32.6 Å². The summed E-state index contributed by atoms with van der Waals surface area (Å²) in [5.74, 6) is 0.497. The zero-order valence-electron chi connectivity index (χ0n) is 17.2. The maximum atomic E-state index is 13.0. The number of hydrogen-bond acceptors (Lipinski definition) is 3. The van der Waals surface area contributed by atoms with Crippen molar-refractivity contribution < 1.29 is 4.79 Å². The summed E-state index contributed by atoms with van der Waals surface area (Å²) in [6.45, 7) is 8.21. The van der Waals surface area contributed by atoms with Crippen molar-refractivity contribution in [2.24, 2.45) is 0 Å². The Kier molecular flexibility index (Phi) is 5.29. The van der Waals surface area contributed by atoms with Crippen LogP contribution >= 0.6 is 11.8 Å². The number of hydrogen-bond donors (Lipinski definition) is 0. The van der Waals surface area contributed by atoms with Gasteiger partial charge in [0.2, 0.25) is 0 Å². The van der Waals surface area contributed by atoms with Crippen LogP contribution in [0.3, 0.4) is 0 Å². The average molecular weight is 401 g/mol. The second-order valence-electron chi connectivity index (χ2n) is 7.52. The van der Waals surface area contributed by atoms with Gasteiger partial charge in [-0.3, -0.25) is 9.36 Å². The van der Waals surface area contributed by atoms with Crippen molar-refractivity contribution in [3.05, 3.63) is 88.5 Å². The lowest BCUT2D eigenvalue weighted by Crippen LogP contribution is -2.07. The largest absolute Gasteiger partial charge is 0.293 e. The minimum Gasteiger partial charge on any atom is -0.293 e. The topological polar surface area (TPSA) is 34.9 Å². The van der Waals surface area contributed by atoms with Gasteiger partial charge in [0.1, 0.15) is 0 Å². The van der Waals surface area contributed by atoms with Gasteiger partial charge in [0, 0.05) is 11.3 Å². The van der Waals surface area contributed by atoms with Gasteiger partial charge >= 0.3 is 0 Å². The standard InChI is InChI=1S/C25H24N2OS/c1-16-9-11-20(12-10-16)27-23-8-6-5-7-22(23)26-25(27)29-15-24(28)21-14-18(3)17(2)13-19(21)4/h5-14H,15H2,1-4H3. The van der Waals surface area contributed by atoms with Crippen molar-refractivity contribution in [1.29, 1.82) is 0 Å². The highest BCUT2D eigenvalue weighted by Gasteiger charge is 2.16. The fourth-order valence-electron chi connectivity index (χ4n) is 3.51. The number of rotatable bonds is 5. The molecule has 0 saturated carbocycles. The van der Waals surface area contributed by atoms with Gasteiger partial charge in [-0.2, -0.15) is 0 Å². The van der Waals surface area contributed by atoms with E-state index in [0.717, 1.165) is 38.6 Å². The Bertz CT molecular complexity index is 1210. The predicted octanol–water partition coefficient (Wildman–Crippen LogP) is 6.23. The number of thioether (sulfide) groups is 1. The lowest BCUT2D eigenvalue weighted by atomic mass is 9.99. The van der Waals surface area contributed by atoms with Crippen molar-refractivity contribution >= 4 is 28.6 Å². The molecule has 3 aromatic carbocycles. The summed E-state index contributed by atoms with van der Waals surface area (Å²) in [6, 6.07) is 20.6. The van der Waals surface area contributed by atoms with Gasteiger partial charge in [-0.05, 0) is 74.7 Å². The molecule has 0 unspecified atom stereocenters. The minimum atomic E-state index is 0.137. The Labute approximate surface area is 175 Å². The SMILES string of the molecule is Cc1ccc(-n2c(SCC(=O)c3cc(C)c(C)cc3C)nc3ccccc32)cc1. The Morgan fingerprint density at radius 3 is 2.34 bits per heavy atom. The molecule has 0 spiro atoms. The third kappa shape index (κ3) is 3.85. The minimum absolute atomic E-state index is 0.137. The van der Waals surface area contributed by atoms with Gasteiger partial charge in [0.25, 0.3) is 0 Å². The fourth-order valence-corrected chi connectivity index (χ4v) is 4.42. The summed E-state index contributed by atoms with van der Waals surface area (Å²) in [4.78, 5) is 17.8. The summed E-state index contributed by atoms with van der Waals surface area (Å²) in [7, 11) is 0. The maximum absolute atomic E-state index is 13.0. The van der Waals surface area contributed by atoms with Crippen LogP contribution in [0, 0.1) is 27.7 Å². The van der Waals surface area contributed by atoms with Crippen molar-refractivity contribution in [2.45, 2.75) is 32.9 Å². The summed E-state index contributed by atoms with van der Waals surface area (Å²) in [5, 5.41) is 0.838. The van der Waals surface area contributed by atoms with Gasteiger partial charge in [-0.25, -0.2) is 4.98 Å². The Morgan fingerprint density at radius 1 is 0.897 bits per heavy atom. The smallest absolute Gasteiger partial charge is 0.174 e. The van der Waals surface area contributed by atoms with Crippen molar-refractivity contribution in [1.82, 2.24) is 9.55 Å². The first-order valence-electron chi connectivity index (χ1n) is 9.72. The van der Waals surface area contributed by atoms with Crippen LogP contribution in [0.25, 0.3) is 16.7 Å². The van der Waals surface area contributed by atoms with Crippen molar-refractivity contribution in [3.63, 3.8) is 0 Å². The monoisotopic (exact) mass is 400 g/mol. The number of ketones is 1. The first kappa shape index (κ1) is 19.5. The van der Waals surface area contributed by atoms with E-state index in [1.807, 2.05) is 31.2 Å². The first-order chi connectivity index (χ1) is 13.9. The number of para-hydroxylation sites is 2. The number of imidazole rings is 1. The van der Waals surface area contributed by atoms with E-state index in [0.29, 0.717) is 5.75 Å². The normalized spacial score (nSPS) is 11.2. The van der Waals surface area contributed by atoms with E-state index in [1.165, 1.54) is 22.9 Å². The molecule has 4 rings (SSSR count).